The second-order valence-corrected chi connectivity index (χ2v) is 2.96. The van der Waals surface area contributed by atoms with E-state index < -0.39 is 0 Å². The minimum Gasteiger partial charge on any atom is -0.264 e. The van der Waals surface area contributed by atoms with E-state index in [1.54, 1.807) is 12.4 Å². The highest BCUT2D eigenvalue weighted by atomic mass is 14.9. The average Bonchev–Trinajstić information content (AvgIpc) is 2.19. The smallest absolute Gasteiger partial charge is 0.0666 e. The predicted molar refractivity (Wildman–Crippen MR) is 49.7 cm³/mol. The normalized spacial score (nSPS) is 12.0. The van der Waals surface area contributed by atoms with Gasteiger partial charge in [0.05, 0.1) is 12.0 Å². The number of hydrogen-bond donors (Lipinski definition) is 0. The van der Waals surface area contributed by atoms with Crippen LogP contribution in [0.25, 0.3) is 0 Å². The fourth-order valence-electron chi connectivity index (χ4n) is 0.920. The first-order valence-corrected chi connectivity index (χ1v) is 4.24. The summed E-state index contributed by atoms with van der Waals surface area (Å²) in [5.74, 6) is 0.0108. The lowest BCUT2D eigenvalue weighted by atomic mass is 10.2. The molecule has 1 unspecified atom stereocenters. The van der Waals surface area contributed by atoms with Crippen LogP contribution in [0.3, 0.4) is 0 Å². The van der Waals surface area contributed by atoms with Crippen molar-refractivity contribution in [2.45, 2.75) is 13.5 Å². The first-order valence-electron chi connectivity index (χ1n) is 4.24. The molecule has 1 radical (unpaired) electrons. The van der Waals surface area contributed by atoms with Crippen LogP contribution in [0.15, 0.2) is 24.5 Å². The summed E-state index contributed by atoms with van der Waals surface area (Å²) in [5.41, 5.74) is 1.09. The van der Waals surface area contributed by atoms with Gasteiger partial charge in [0, 0.05) is 25.5 Å². The van der Waals surface area contributed by atoms with Gasteiger partial charge in [0.15, 0.2) is 0 Å². The number of nitrogens with zero attached hydrogens (tertiary/aromatic N) is 3. The zero-order valence-corrected chi connectivity index (χ0v) is 7.64. The van der Waals surface area contributed by atoms with Crippen LogP contribution in [-0.4, -0.2) is 11.5 Å². The molecule has 0 fully saturated rings. The van der Waals surface area contributed by atoms with Crippen LogP contribution in [-0.2, 0) is 6.54 Å². The van der Waals surface area contributed by atoms with Gasteiger partial charge >= 0.3 is 0 Å². The maximum Gasteiger partial charge on any atom is 0.0666 e. The van der Waals surface area contributed by atoms with Crippen LogP contribution in [0.5, 0.6) is 0 Å². The largest absolute Gasteiger partial charge is 0.264 e. The summed E-state index contributed by atoms with van der Waals surface area (Å²) >= 11 is 0. The summed E-state index contributed by atoms with van der Waals surface area (Å²) in [7, 11) is 0. The molecule has 0 aromatic carbocycles. The van der Waals surface area contributed by atoms with Crippen molar-refractivity contribution in [1.29, 1.82) is 5.26 Å². The van der Waals surface area contributed by atoms with Gasteiger partial charge in [0.1, 0.15) is 0 Å². The molecule has 1 aromatic rings. The monoisotopic (exact) mass is 174 g/mol. The van der Waals surface area contributed by atoms with Gasteiger partial charge in [0.2, 0.25) is 0 Å². The fourth-order valence-corrected chi connectivity index (χ4v) is 0.920. The predicted octanol–water partition coefficient (Wildman–Crippen LogP) is 1.35. The van der Waals surface area contributed by atoms with Crippen molar-refractivity contribution in [2.24, 2.45) is 5.92 Å². The zero-order chi connectivity index (χ0) is 9.52. The zero-order valence-electron chi connectivity index (χ0n) is 7.64. The van der Waals surface area contributed by atoms with E-state index >= 15 is 0 Å². The fraction of sp³-hybridized carbons (Fsp3) is 0.400. The van der Waals surface area contributed by atoms with Crippen molar-refractivity contribution in [3.8, 4) is 6.07 Å². The standard InChI is InChI=1S/C10H12N3/c1-9(5-11)6-13-8-10-3-2-4-12-7-10/h2-4,7,9H,6,8H2,1H3. The molecule has 1 aromatic heterocycles. The molecule has 3 nitrogen and oxygen atoms in total. The van der Waals surface area contributed by atoms with Crippen LogP contribution >= 0.6 is 0 Å². The van der Waals surface area contributed by atoms with Crippen molar-refractivity contribution >= 4 is 0 Å². The molecule has 1 atom stereocenters. The Bertz CT molecular complexity index is 276. The van der Waals surface area contributed by atoms with E-state index in [0.717, 1.165) is 5.56 Å². The lowest BCUT2D eigenvalue weighted by Crippen LogP contribution is -2.12. The summed E-state index contributed by atoms with van der Waals surface area (Å²) in [6.45, 7) is 3.12. The minimum atomic E-state index is 0.0108. The van der Waals surface area contributed by atoms with Gasteiger partial charge < -0.3 is 0 Å². The second-order valence-electron chi connectivity index (χ2n) is 2.96. The third-order valence-corrected chi connectivity index (χ3v) is 1.64. The molecule has 0 aliphatic carbocycles. The molecule has 0 amide bonds. The number of hydrogen-bond acceptors (Lipinski definition) is 2. The highest BCUT2D eigenvalue weighted by Gasteiger charge is 1.99. The highest BCUT2D eigenvalue weighted by molar-refractivity contribution is 5.07. The average molecular weight is 174 g/mol. The molecule has 13 heavy (non-hydrogen) atoms. The molecule has 67 valence electrons. The maximum atomic E-state index is 8.51. The third kappa shape index (κ3) is 3.68. The molecular weight excluding hydrogens is 162 g/mol. The summed E-state index contributed by atoms with van der Waals surface area (Å²) < 4.78 is 0. The molecule has 0 aliphatic rings. The van der Waals surface area contributed by atoms with E-state index in [1.807, 2.05) is 19.1 Å². The van der Waals surface area contributed by atoms with Crippen molar-refractivity contribution < 1.29 is 0 Å². The SMILES string of the molecule is CC(C#N)C[N]Cc1cccnc1. The number of pyridine rings is 1. The number of rotatable bonds is 4. The lowest BCUT2D eigenvalue weighted by Gasteiger charge is -2.02. The van der Waals surface area contributed by atoms with Crippen molar-refractivity contribution in [1.82, 2.24) is 10.3 Å². The molecule has 1 rings (SSSR count). The molecule has 0 saturated carbocycles. The first-order chi connectivity index (χ1) is 6.33. The highest BCUT2D eigenvalue weighted by Crippen LogP contribution is 1.96. The topological polar surface area (TPSA) is 50.8 Å². The Labute approximate surface area is 78.4 Å². The van der Waals surface area contributed by atoms with Crippen LogP contribution in [0.1, 0.15) is 12.5 Å². The molecule has 0 bridgehead atoms. The molecule has 3 heteroatoms. The van der Waals surface area contributed by atoms with Gasteiger partial charge in [0.25, 0.3) is 0 Å². The molecule has 1 heterocycles. The van der Waals surface area contributed by atoms with Gasteiger partial charge in [-0.2, -0.15) is 5.26 Å². The van der Waals surface area contributed by atoms with Gasteiger partial charge in [-0.1, -0.05) is 6.07 Å². The van der Waals surface area contributed by atoms with Gasteiger partial charge in [-0.15, -0.1) is 0 Å². The molecule has 0 spiro atoms. The Morgan fingerprint density at radius 2 is 2.54 bits per heavy atom. The minimum absolute atomic E-state index is 0.0108. The quantitative estimate of drug-likeness (QED) is 0.691. The molecule has 0 aliphatic heterocycles. The van der Waals surface area contributed by atoms with E-state index in [0.29, 0.717) is 13.1 Å². The Kier molecular flexibility index (Phi) is 3.94. The van der Waals surface area contributed by atoms with E-state index in [9.17, 15) is 0 Å². The van der Waals surface area contributed by atoms with E-state index in [1.165, 1.54) is 0 Å². The Balaban J connectivity index is 2.25. The number of nitriles is 1. The maximum absolute atomic E-state index is 8.51. The molecular formula is C10H12N3. The third-order valence-electron chi connectivity index (χ3n) is 1.64. The van der Waals surface area contributed by atoms with Crippen LogP contribution in [0.4, 0.5) is 0 Å². The van der Waals surface area contributed by atoms with E-state index in [4.69, 9.17) is 5.26 Å². The summed E-state index contributed by atoms with van der Waals surface area (Å²) in [6, 6.07) is 6.01. The lowest BCUT2D eigenvalue weighted by molar-refractivity contribution is 0.589. The van der Waals surface area contributed by atoms with Gasteiger partial charge in [-0.05, 0) is 18.6 Å². The Morgan fingerprint density at radius 1 is 1.69 bits per heavy atom. The second kappa shape index (κ2) is 5.28. The van der Waals surface area contributed by atoms with Crippen molar-refractivity contribution in [3.05, 3.63) is 30.1 Å². The van der Waals surface area contributed by atoms with E-state index in [2.05, 4.69) is 16.4 Å². The van der Waals surface area contributed by atoms with Crippen LogP contribution < -0.4 is 5.32 Å². The Hall–Kier alpha value is -1.40. The summed E-state index contributed by atoms with van der Waals surface area (Å²) in [5, 5.41) is 12.8. The first kappa shape index (κ1) is 9.69. The van der Waals surface area contributed by atoms with E-state index in [-0.39, 0.29) is 5.92 Å². The molecule has 0 saturated heterocycles. The summed E-state index contributed by atoms with van der Waals surface area (Å²) in [6.07, 6.45) is 3.53. The van der Waals surface area contributed by atoms with Crippen molar-refractivity contribution in [3.63, 3.8) is 0 Å². The number of aromatic nitrogens is 1. The van der Waals surface area contributed by atoms with Crippen molar-refractivity contribution in [2.75, 3.05) is 6.54 Å². The van der Waals surface area contributed by atoms with Gasteiger partial charge in [-0.3, -0.25) is 4.98 Å². The molecule has 0 N–H and O–H groups in total. The van der Waals surface area contributed by atoms with Crippen LogP contribution in [0.2, 0.25) is 0 Å². The summed E-state index contributed by atoms with van der Waals surface area (Å²) in [4.78, 5) is 3.98. The Morgan fingerprint density at radius 3 is 3.15 bits per heavy atom. The van der Waals surface area contributed by atoms with Gasteiger partial charge in [-0.25, -0.2) is 5.32 Å². The van der Waals surface area contributed by atoms with Crippen LogP contribution in [0, 0.1) is 17.2 Å².